The molecule has 6 nitrogen and oxygen atoms in total. The van der Waals surface area contributed by atoms with Crippen LogP contribution in [0.5, 0.6) is 5.75 Å². The van der Waals surface area contributed by atoms with Crippen molar-refractivity contribution in [3.8, 4) is 5.75 Å². The lowest BCUT2D eigenvalue weighted by Crippen LogP contribution is -2.41. The van der Waals surface area contributed by atoms with Crippen LogP contribution in [0.4, 0.5) is 0 Å². The molecule has 154 valence electrons. The van der Waals surface area contributed by atoms with E-state index in [0.29, 0.717) is 6.04 Å². The van der Waals surface area contributed by atoms with Crippen LogP contribution in [0, 0.1) is 0 Å². The van der Waals surface area contributed by atoms with Gasteiger partial charge in [0.1, 0.15) is 5.75 Å². The van der Waals surface area contributed by atoms with E-state index in [-0.39, 0.29) is 0 Å². The number of rotatable bonds is 14. The summed E-state index contributed by atoms with van der Waals surface area (Å²) in [5, 5.41) is 10.1. The molecule has 1 aliphatic heterocycles. The first-order valence-electron chi connectivity index (χ1n) is 10.4. The zero-order chi connectivity index (χ0) is 19.3. The zero-order valence-electron chi connectivity index (χ0n) is 17.5. The van der Waals surface area contributed by atoms with Crippen LogP contribution in [0.3, 0.4) is 0 Å². The Bertz CT molecular complexity index is 496. The Morgan fingerprint density at radius 3 is 2.70 bits per heavy atom. The third-order valence-electron chi connectivity index (χ3n) is 5.21. The highest BCUT2D eigenvalue weighted by Crippen LogP contribution is 2.16. The van der Waals surface area contributed by atoms with Crippen LogP contribution in [0.25, 0.3) is 0 Å². The molecule has 0 amide bonds. The van der Waals surface area contributed by atoms with E-state index in [2.05, 4.69) is 56.9 Å². The van der Waals surface area contributed by atoms with Gasteiger partial charge in [-0.15, -0.1) is 0 Å². The smallest absolute Gasteiger partial charge is 0.119 e. The van der Waals surface area contributed by atoms with Crippen molar-refractivity contribution in [2.24, 2.45) is 0 Å². The van der Waals surface area contributed by atoms with Crippen molar-refractivity contribution in [3.63, 3.8) is 0 Å². The van der Waals surface area contributed by atoms with E-state index in [1.807, 2.05) is 14.1 Å². The quantitative estimate of drug-likeness (QED) is 0.339. The first kappa shape index (κ1) is 22.1. The molecule has 27 heavy (non-hydrogen) atoms. The number of likely N-dealkylation sites (tertiary alicyclic amines) is 1. The molecule has 3 N–H and O–H groups in total. The van der Waals surface area contributed by atoms with Gasteiger partial charge in [-0.3, -0.25) is 9.80 Å². The van der Waals surface area contributed by atoms with Gasteiger partial charge in [0.15, 0.2) is 0 Å². The molecule has 1 atom stereocenters. The van der Waals surface area contributed by atoms with E-state index in [4.69, 9.17) is 4.74 Å². The van der Waals surface area contributed by atoms with E-state index < -0.39 is 0 Å². The van der Waals surface area contributed by atoms with Gasteiger partial charge in [-0.05, 0) is 64.1 Å². The minimum atomic E-state index is 0.658. The zero-order valence-corrected chi connectivity index (χ0v) is 17.5. The maximum atomic E-state index is 5.88. The summed E-state index contributed by atoms with van der Waals surface area (Å²) in [6.45, 7) is 10.2. The fourth-order valence-corrected chi connectivity index (χ4v) is 3.67. The van der Waals surface area contributed by atoms with E-state index in [1.165, 1.54) is 24.9 Å². The average molecular weight is 378 g/mol. The van der Waals surface area contributed by atoms with Crippen molar-refractivity contribution in [2.45, 2.75) is 38.8 Å². The Balaban J connectivity index is 1.62. The molecule has 6 heteroatoms. The molecule has 1 aromatic rings. The number of ether oxygens (including phenoxy) is 1. The molecule has 1 saturated heterocycles. The van der Waals surface area contributed by atoms with Gasteiger partial charge < -0.3 is 20.7 Å². The molecule has 0 aliphatic carbocycles. The summed E-state index contributed by atoms with van der Waals surface area (Å²) >= 11 is 0. The van der Waals surface area contributed by atoms with Crippen molar-refractivity contribution >= 4 is 0 Å². The number of hydrogen-bond acceptors (Lipinski definition) is 6. The van der Waals surface area contributed by atoms with Crippen molar-refractivity contribution in [1.29, 1.82) is 0 Å². The fourth-order valence-electron chi connectivity index (χ4n) is 3.67. The lowest BCUT2D eigenvalue weighted by atomic mass is 10.2. The first-order valence-corrected chi connectivity index (χ1v) is 10.4. The molecule has 0 spiro atoms. The Morgan fingerprint density at radius 2 is 2.00 bits per heavy atom. The Labute approximate surface area is 165 Å². The maximum Gasteiger partial charge on any atom is 0.119 e. The summed E-state index contributed by atoms with van der Waals surface area (Å²) in [6, 6.07) is 9.17. The van der Waals surface area contributed by atoms with Crippen LogP contribution in [-0.2, 0) is 6.54 Å². The molecule has 1 aromatic carbocycles. The summed E-state index contributed by atoms with van der Waals surface area (Å²) in [6.07, 6.45) is 3.65. The van der Waals surface area contributed by atoms with E-state index in [1.54, 1.807) is 0 Å². The maximum absolute atomic E-state index is 5.88. The molecule has 1 aliphatic rings. The predicted molar refractivity (Wildman–Crippen MR) is 113 cm³/mol. The Hall–Kier alpha value is -1.18. The molecule has 1 unspecified atom stereocenters. The van der Waals surface area contributed by atoms with Crippen LogP contribution < -0.4 is 20.7 Å². The number of nitrogens with one attached hydrogen (secondary N) is 3. The van der Waals surface area contributed by atoms with E-state index in [0.717, 1.165) is 58.3 Å². The molecule has 0 aromatic heterocycles. The molecule has 1 fully saturated rings. The van der Waals surface area contributed by atoms with E-state index in [9.17, 15) is 0 Å². The third-order valence-corrected chi connectivity index (χ3v) is 5.21. The van der Waals surface area contributed by atoms with Gasteiger partial charge in [0.05, 0.1) is 6.61 Å². The van der Waals surface area contributed by atoms with Gasteiger partial charge in [0, 0.05) is 39.0 Å². The molecule has 0 radical (unpaired) electrons. The predicted octanol–water partition coefficient (Wildman–Crippen LogP) is 1.69. The molecule has 0 saturated carbocycles. The second-order valence-corrected chi connectivity index (χ2v) is 7.32. The molecule has 2 rings (SSSR count). The van der Waals surface area contributed by atoms with Crippen LogP contribution >= 0.6 is 0 Å². The van der Waals surface area contributed by atoms with Crippen LogP contribution in [0.15, 0.2) is 24.3 Å². The minimum Gasteiger partial charge on any atom is -0.494 e. The number of benzene rings is 1. The standard InChI is InChI=1S/C21H39N5O/c1-4-25(17-22-2)12-6-14-27-21-10-8-19(9-11-21)15-24-16-20-7-5-13-26(20)18-23-3/h8-11,20,22-24H,4-7,12-18H2,1-3H3. The van der Waals surface area contributed by atoms with Crippen molar-refractivity contribution in [1.82, 2.24) is 25.8 Å². The lowest BCUT2D eigenvalue weighted by Gasteiger charge is -2.24. The molecular formula is C21H39N5O. The minimum absolute atomic E-state index is 0.658. The topological polar surface area (TPSA) is 51.8 Å². The molecule has 1 heterocycles. The van der Waals surface area contributed by atoms with Gasteiger partial charge in [-0.2, -0.15) is 0 Å². The Kier molecular flexibility index (Phi) is 10.7. The van der Waals surface area contributed by atoms with Crippen LogP contribution in [0.1, 0.15) is 31.7 Å². The van der Waals surface area contributed by atoms with Gasteiger partial charge in [-0.1, -0.05) is 19.1 Å². The fraction of sp³-hybridized carbons (Fsp3) is 0.714. The van der Waals surface area contributed by atoms with E-state index >= 15 is 0 Å². The summed E-state index contributed by atoms with van der Waals surface area (Å²) in [4.78, 5) is 4.90. The van der Waals surface area contributed by atoms with Gasteiger partial charge >= 0.3 is 0 Å². The summed E-state index contributed by atoms with van der Waals surface area (Å²) < 4.78 is 5.88. The average Bonchev–Trinajstić information content (AvgIpc) is 3.13. The third kappa shape index (κ3) is 8.15. The largest absolute Gasteiger partial charge is 0.494 e. The summed E-state index contributed by atoms with van der Waals surface area (Å²) in [5.41, 5.74) is 1.31. The normalized spacial score (nSPS) is 17.7. The monoisotopic (exact) mass is 377 g/mol. The highest BCUT2D eigenvalue weighted by Gasteiger charge is 2.22. The van der Waals surface area contributed by atoms with Gasteiger partial charge in [-0.25, -0.2) is 0 Å². The molecule has 0 bridgehead atoms. The van der Waals surface area contributed by atoms with Gasteiger partial charge in [0.25, 0.3) is 0 Å². The summed E-state index contributed by atoms with van der Waals surface area (Å²) in [5.74, 6) is 0.964. The second kappa shape index (κ2) is 13.1. The van der Waals surface area contributed by atoms with Crippen LogP contribution in [-0.4, -0.2) is 76.1 Å². The first-order chi connectivity index (χ1) is 13.3. The highest BCUT2D eigenvalue weighted by atomic mass is 16.5. The number of hydrogen-bond donors (Lipinski definition) is 3. The Morgan fingerprint density at radius 1 is 1.19 bits per heavy atom. The van der Waals surface area contributed by atoms with Crippen molar-refractivity contribution in [2.75, 3.05) is 60.2 Å². The number of nitrogens with zero attached hydrogens (tertiary/aromatic N) is 2. The van der Waals surface area contributed by atoms with Gasteiger partial charge in [0.2, 0.25) is 0 Å². The van der Waals surface area contributed by atoms with Crippen molar-refractivity contribution in [3.05, 3.63) is 29.8 Å². The van der Waals surface area contributed by atoms with Crippen LogP contribution in [0.2, 0.25) is 0 Å². The SMILES string of the molecule is CCN(CCCOc1ccc(CNCC2CCCN2CNC)cc1)CNC. The second-order valence-electron chi connectivity index (χ2n) is 7.32. The van der Waals surface area contributed by atoms with Crippen molar-refractivity contribution < 1.29 is 4.74 Å². The molecular weight excluding hydrogens is 338 g/mol. The lowest BCUT2D eigenvalue weighted by molar-refractivity contribution is 0.233. The highest BCUT2D eigenvalue weighted by molar-refractivity contribution is 5.27. The summed E-state index contributed by atoms with van der Waals surface area (Å²) in [7, 11) is 4.01.